The van der Waals surface area contributed by atoms with Crippen molar-refractivity contribution >= 4 is 11.9 Å². The molecule has 0 aliphatic carbocycles. The zero-order valence-electron chi connectivity index (χ0n) is 15.6. The van der Waals surface area contributed by atoms with Gasteiger partial charge in [0.1, 0.15) is 17.3 Å². The molecule has 1 amide bonds. The van der Waals surface area contributed by atoms with E-state index in [0.29, 0.717) is 31.1 Å². The van der Waals surface area contributed by atoms with E-state index in [0.717, 1.165) is 6.42 Å². The fraction of sp³-hybridized carbons (Fsp3) is 0.706. The van der Waals surface area contributed by atoms with Gasteiger partial charge in [0.25, 0.3) is 0 Å². The Bertz CT molecular complexity index is 620. The van der Waals surface area contributed by atoms with Crippen LogP contribution in [0.4, 0.5) is 4.79 Å². The molecule has 8 nitrogen and oxygen atoms in total. The molecule has 8 heteroatoms. The van der Waals surface area contributed by atoms with Gasteiger partial charge in [-0.3, -0.25) is 14.4 Å². The fourth-order valence-corrected chi connectivity index (χ4v) is 2.67. The molecule has 0 aromatic carbocycles. The highest BCUT2D eigenvalue weighted by Gasteiger charge is 2.38. The van der Waals surface area contributed by atoms with E-state index >= 15 is 0 Å². The summed E-state index contributed by atoms with van der Waals surface area (Å²) in [6.07, 6.45) is 1.82. The lowest BCUT2D eigenvalue weighted by Gasteiger charge is -2.35. The number of Topliss-reactive ketones (excluding diaryl/α,β-unsaturated/α-hetero) is 1. The van der Waals surface area contributed by atoms with Crippen LogP contribution in [0.1, 0.15) is 44.6 Å². The van der Waals surface area contributed by atoms with Crippen molar-refractivity contribution < 1.29 is 23.8 Å². The largest absolute Gasteiger partial charge is 0.493 e. The van der Waals surface area contributed by atoms with Crippen LogP contribution in [0.5, 0.6) is 5.75 Å². The molecule has 1 aromatic heterocycles. The van der Waals surface area contributed by atoms with Crippen molar-refractivity contribution in [1.82, 2.24) is 14.7 Å². The first-order chi connectivity index (χ1) is 11.8. The van der Waals surface area contributed by atoms with Crippen LogP contribution in [0, 0.1) is 0 Å². The first kappa shape index (κ1) is 19.2. The summed E-state index contributed by atoms with van der Waals surface area (Å²) in [5, 5.41) is 4.22. The summed E-state index contributed by atoms with van der Waals surface area (Å²) >= 11 is 0. The number of ketones is 1. The monoisotopic (exact) mass is 353 g/mol. The van der Waals surface area contributed by atoms with Gasteiger partial charge in [0.15, 0.2) is 5.75 Å². The maximum Gasteiger partial charge on any atom is 0.411 e. The summed E-state index contributed by atoms with van der Waals surface area (Å²) in [7, 11) is 1.49. The van der Waals surface area contributed by atoms with E-state index in [1.54, 1.807) is 25.5 Å². The van der Waals surface area contributed by atoms with Gasteiger partial charge in [0.2, 0.25) is 5.78 Å². The standard InChI is InChI=1S/C17H27N3O5/c1-6-7-20-14(13(23-5)10-18-20)15(21)12-11-24-9-8-19(12)16(22)25-17(2,3)4/h10,12H,6-9,11H2,1-5H3. The van der Waals surface area contributed by atoms with Crippen molar-refractivity contribution in [2.45, 2.75) is 52.3 Å². The molecule has 1 aliphatic heterocycles. The molecule has 1 saturated heterocycles. The van der Waals surface area contributed by atoms with Crippen molar-refractivity contribution in [3.8, 4) is 5.75 Å². The van der Waals surface area contributed by atoms with E-state index in [4.69, 9.17) is 14.2 Å². The highest BCUT2D eigenvalue weighted by Crippen LogP contribution is 2.24. The molecule has 1 atom stereocenters. The number of carbonyl (C=O) groups excluding carboxylic acids is 2. The highest BCUT2D eigenvalue weighted by atomic mass is 16.6. The molecule has 2 rings (SSSR count). The van der Waals surface area contributed by atoms with Crippen LogP contribution >= 0.6 is 0 Å². The van der Waals surface area contributed by atoms with E-state index in [9.17, 15) is 9.59 Å². The maximum absolute atomic E-state index is 13.1. The minimum Gasteiger partial charge on any atom is -0.493 e. The third kappa shape index (κ3) is 4.50. The molecule has 140 valence electrons. The number of rotatable bonds is 5. The summed E-state index contributed by atoms with van der Waals surface area (Å²) in [5.74, 6) is 0.140. The van der Waals surface area contributed by atoms with Crippen molar-refractivity contribution in [3.63, 3.8) is 0 Å². The lowest BCUT2D eigenvalue weighted by Crippen LogP contribution is -2.54. The zero-order chi connectivity index (χ0) is 18.6. The van der Waals surface area contributed by atoms with Crippen LogP contribution in [0.3, 0.4) is 0 Å². The van der Waals surface area contributed by atoms with Crippen LogP contribution < -0.4 is 4.74 Å². The molecule has 0 spiro atoms. The van der Waals surface area contributed by atoms with Gasteiger partial charge in [0, 0.05) is 13.1 Å². The Morgan fingerprint density at radius 3 is 2.72 bits per heavy atom. The average molecular weight is 353 g/mol. The molecule has 0 bridgehead atoms. The molecular formula is C17H27N3O5. The first-order valence-electron chi connectivity index (χ1n) is 8.49. The van der Waals surface area contributed by atoms with Crippen LogP contribution in [0.25, 0.3) is 0 Å². The topological polar surface area (TPSA) is 82.9 Å². The predicted molar refractivity (Wildman–Crippen MR) is 90.9 cm³/mol. The maximum atomic E-state index is 13.1. The third-order valence-electron chi connectivity index (χ3n) is 3.75. The van der Waals surface area contributed by atoms with Gasteiger partial charge in [0.05, 0.1) is 26.5 Å². The SMILES string of the molecule is CCCn1ncc(OC)c1C(=O)C1COCCN1C(=O)OC(C)(C)C. The van der Waals surface area contributed by atoms with E-state index in [1.807, 2.05) is 6.92 Å². The smallest absolute Gasteiger partial charge is 0.411 e. The summed E-state index contributed by atoms with van der Waals surface area (Å²) < 4.78 is 17.8. The molecule has 0 radical (unpaired) electrons. The molecule has 0 N–H and O–H groups in total. The Morgan fingerprint density at radius 1 is 1.40 bits per heavy atom. The zero-order valence-corrected chi connectivity index (χ0v) is 15.6. The second-order valence-corrected chi connectivity index (χ2v) is 6.91. The molecule has 1 aliphatic rings. The van der Waals surface area contributed by atoms with Crippen LogP contribution in [0.15, 0.2) is 6.20 Å². The summed E-state index contributed by atoms with van der Waals surface area (Å²) in [6.45, 7) is 8.76. The number of hydrogen-bond acceptors (Lipinski definition) is 6. The second-order valence-electron chi connectivity index (χ2n) is 6.91. The number of methoxy groups -OCH3 is 1. The minimum atomic E-state index is -0.759. The number of amides is 1. The first-order valence-corrected chi connectivity index (χ1v) is 8.49. The van der Waals surface area contributed by atoms with E-state index in [2.05, 4.69) is 5.10 Å². The predicted octanol–water partition coefficient (Wildman–Crippen LogP) is 2.12. The number of morpholine rings is 1. The van der Waals surface area contributed by atoms with Gasteiger partial charge in [-0.25, -0.2) is 4.79 Å². The number of hydrogen-bond donors (Lipinski definition) is 0. The Kier molecular flexibility index (Phi) is 6.05. The molecule has 25 heavy (non-hydrogen) atoms. The highest BCUT2D eigenvalue weighted by molar-refractivity contribution is 6.02. The number of aromatic nitrogens is 2. The van der Waals surface area contributed by atoms with Crippen molar-refractivity contribution in [2.75, 3.05) is 26.9 Å². The van der Waals surface area contributed by atoms with E-state index in [-0.39, 0.29) is 12.4 Å². The summed E-state index contributed by atoms with van der Waals surface area (Å²) in [6, 6.07) is -0.759. The Balaban J connectivity index is 2.29. The van der Waals surface area contributed by atoms with Crippen LogP contribution in [-0.4, -0.2) is 65.1 Å². The Morgan fingerprint density at radius 2 is 2.12 bits per heavy atom. The average Bonchev–Trinajstić information content (AvgIpc) is 2.95. The minimum absolute atomic E-state index is 0.124. The Labute approximate surface area is 148 Å². The van der Waals surface area contributed by atoms with Gasteiger partial charge in [-0.2, -0.15) is 5.10 Å². The van der Waals surface area contributed by atoms with Gasteiger partial charge in [-0.05, 0) is 27.2 Å². The fourth-order valence-electron chi connectivity index (χ4n) is 2.67. The number of carbonyl (C=O) groups is 2. The molecule has 1 fully saturated rings. The number of aryl methyl sites for hydroxylation is 1. The van der Waals surface area contributed by atoms with Crippen molar-refractivity contribution in [3.05, 3.63) is 11.9 Å². The third-order valence-corrected chi connectivity index (χ3v) is 3.75. The Hall–Kier alpha value is -2.09. The lowest BCUT2D eigenvalue weighted by molar-refractivity contribution is -0.0268. The van der Waals surface area contributed by atoms with Crippen molar-refractivity contribution in [2.24, 2.45) is 0 Å². The molecule has 2 heterocycles. The summed E-state index contributed by atoms with van der Waals surface area (Å²) in [4.78, 5) is 27.1. The number of nitrogens with zero attached hydrogens (tertiary/aromatic N) is 3. The molecule has 1 unspecified atom stereocenters. The normalized spacial score (nSPS) is 18.1. The van der Waals surface area contributed by atoms with Gasteiger partial charge >= 0.3 is 6.09 Å². The van der Waals surface area contributed by atoms with Crippen molar-refractivity contribution in [1.29, 1.82) is 0 Å². The van der Waals surface area contributed by atoms with Gasteiger partial charge < -0.3 is 14.2 Å². The molecular weight excluding hydrogens is 326 g/mol. The van der Waals surface area contributed by atoms with Crippen LogP contribution in [0.2, 0.25) is 0 Å². The van der Waals surface area contributed by atoms with Gasteiger partial charge in [-0.15, -0.1) is 0 Å². The van der Waals surface area contributed by atoms with E-state index in [1.165, 1.54) is 18.2 Å². The van der Waals surface area contributed by atoms with Crippen LogP contribution in [-0.2, 0) is 16.0 Å². The quantitative estimate of drug-likeness (QED) is 0.754. The van der Waals surface area contributed by atoms with E-state index < -0.39 is 17.7 Å². The summed E-state index contributed by atoms with van der Waals surface area (Å²) in [5.41, 5.74) is -0.279. The second kappa shape index (κ2) is 7.86. The molecule has 0 saturated carbocycles. The lowest BCUT2D eigenvalue weighted by atomic mass is 10.1. The number of ether oxygens (including phenoxy) is 3. The molecule has 1 aromatic rings. The van der Waals surface area contributed by atoms with Gasteiger partial charge in [-0.1, -0.05) is 6.92 Å².